The third-order valence-electron chi connectivity index (χ3n) is 5.27. The molecule has 1 fully saturated rings. The molecule has 2 aromatic rings. The van der Waals surface area contributed by atoms with Crippen molar-refractivity contribution in [3.63, 3.8) is 0 Å². The molecule has 5 nitrogen and oxygen atoms in total. The van der Waals surface area contributed by atoms with Gasteiger partial charge >= 0.3 is 0 Å². The average Bonchev–Trinajstić information content (AvgIpc) is 2.89. The van der Waals surface area contributed by atoms with Crippen molar-refractivity contribution in [3.05, 3.63) is 51.5 Å². The van der Waals surface area contributed by atoms with Gasteiger partial charge in [0, 0.05) is 38.9 Å². The van der Waals surface area contributed by atoms with Crippen molar-refractivity contribution in [2.75, 3.05) is 26.2 Å². The number of hydrogen-bond acceptors (Lipinski definition) is 4. The molecular formula is C19H24BrFN4O. The molecule has 1 N–H and O–H groups in total. The maximum Gasteiger partial charge on any atom is 0.205 e. The molecule has 1 aliphatic rings. The molecule has 0 bridgehead atoms. The van der Waals surface area contributed by atoms with Gasteiger partial charge in [-0.25, -0.2) is 4.39 Å². The third-order valence-corrected chi connectivity index (χ3v) is 6.22. The van der Waals surface area contributed by atoms with Crippen LogP contribution < -0.4 is 5.32 Å². The molecule has 1 saturated heterocycles. The number of carbonyl (C=O) groups excluding carboxylic acids is 1. The highest BCUT2D eigenvalue weighted by Gasteiger charge is 2.43. The van der Waals surface area contributed by atoms with Crippen LogP contribution in [-0.4, -0.2) is 52.2 Å². The third kappa shape index (κ3) is 3.61. The van der Waals surface area contributed by atoms with Crippen LogP contribution >= 0.6 is 15.9 Å². The van der Waals surface area contributed by atoms with Gasteiger partial charge in [-0.2, -0.15) is 5.10 Å². The van der Waals surface area contributed by atoms with Crippen LogP contribution in [0, 0.1) is 12.7 Å². The Balaban J connectivity index is 1.80. The molecule has 7 heteroatoms. The van der Waals surface area contributed by atoms with Crippen molar-refractivity contribution in [1.29, 1.82) is 0 Å². The van der Waals surface area contributed by atoms with E-state index in [2.05, 4.69) is 31.2 Å². The van der Waals surface area contributed by atoms with Crippen molar-refractivity contribution in [2.45, 2.75) is 25.8 Å². The second-order valence-electron chi connectivity index (χ2n) is 7.01. The van der Waals surface area contributed by atoms with Crippen LogP contribution in [-0.2, 0) is 13.5 Å². The fraction of sp³-hybridized carbons (Fsp3) is 0.474. The van der Waals surface area contributed by atoms with E-state index in [9.17, 15) is 9.18 Å². The number of aromatic nitrogens is 2. The number of nitrogens with zero attached hydrogens (tertiary/aromatic N) is 3. The molecule has 0 aliphatic carbocycles. The van der Waals surface area contributed by atoms with Crippen LogP contribution in [0.3, 0.4) is 0 Å². The van der Waals surface area contributed by atoms with Gasteiger partial charge in [0.25, 0.3) is 0 Å². The summed E-state index contributed by atoms with van der Waals surface area (Å²) >= 11 is 3.52. The van der Waals surface area contributed by atoms with Gasteiger partial charge in [0.1, 0.15) is 11.5 Å². The lowest BCUT2D eigenvalue weighted by molar-refractivity contribution is 0.0493. The molecule has 1 aromatic heterocycles. The van der Waals surface area contributed by atoms with Crippen LogP contribution in [0.5, 0.6) is 0 Å². The van der Waals surface area contributed by atoms with E-state index < -0.39 is 5.54 Å². The van der Waals surface area contributed by atoms with Gasteiger partial charge in [-0.3, -0.25) is 14.4 Å². The molecule has 140 valence electrons. The van der Waals surface area contributed by atoms with Crippen molar-refractivity contribution < 1.29 is 9.18 Å². The van der Waals surface area contributed by atoms with Gasteiger partial charge in [-0.15, -0.1) is 0 Å². The molecule has 1 aromatic carbocycles. The van der Waals surface area contributed by atoms with E-state index in [1.165, 1.54) is 12.1 Å². The highest BCUT2D eigenvalue weighted by atomic mass is 79.9. The molecule has 0 unspecified atom stereocenters. The van der Waals surface area contributed by atoms with Crippen molar-refractivity contribution in [2.24, 2.45) is 7.05 Å². The lowest BCUT2D eigenvalue weighted by Crippen LogP contribution is -2.64. The summed E-state index contributed by atoms with van der Waals surface area (Å²) in [6.07, 6.45) is 0.769. The van der Waals surface area contributed by atoms with Crippen LogP contribution in [0.25, 0.3) is 0 Å². The largest absolute Gasteiger partial charge is 0.313 e. The van der Waals surface area contributed by atoms with E-state index in [1.54, 1.807) is 16.8 Å². The summed E-state index contributed by atoms with van der Waals surface area (Å²) in [7, 11) is 1.84. The zero-order valence-electron chi connectivity index (χ0n) is 15.4. The van der Waals surface area contributed by atoms with Crippen molar-refractivity contribution >= 4 is 21.7 Å². The van der Waals surface area contributed by atoms with E-state index in [0.717, 1.165) is 41.8 Å². The summed E-state index contributed by atoms with van der Waals surface area (Å²) in [4.78, 5) is 15.6. The van der Waals surface area contributed by atoms with Crippen LogP contribution in [0.15, 0.2) is 28.7 Å². The van der Waals surface area contributed by atoms with E-state index >= 15 is 0 Å². The van der Waals surface area contributed by atoms with Crippen molar-refractivity contribution in [1.82, 2.24) is 20.0 Å². The normalized spacial score (nSPS) is 21.1. The zero-order chi connectivity index (χ0) is 18.9. The van der Waals surface area contributed by atoms with Gasteiger partial charge in [0.05, 0.1) is 10.0 Å². The van der Waals surface area contributed by atoms with E-state index in [0.29, 0.717) is 12.2 Å². The summed E-state index contributed by atoms with van der Waals surface area (Å²) in [5.74, 6) is -0.217. The minimum Gasteiger partial charge on any atom is -0.313 e. The molecular weight excluding hydrogens is 399 g/mol. The summed E-state index contributed by atoms with van der Waals surface area (Å²) in [5.41, 5.74) is 1.80. The second-order valence-corrected chi connectivity index (χ2v) is 7.81. The van der Waals surface area contributed by atoms with E-state index in [-0.39, 0.29) is 11.6 Å². The van der Waals surface area contributed by atoms with Gasteiger partial charge < -0.3 is 5.32 Å². The first-order valence-electron chi connectivity index (χ1n) is 8.77. The quantitative estimate of drug-likeness (QED) is 0.752. The SMILES string of the molecule is Cc1c(Br)c(C(=O)[C@]2(C)CNCCN2CCc2ccc(F)cc2)nn1C. The smallest absolute Gasteiger partial charge is 0.205 e. The molecule has 0 saturated carbocycles. The first kappa shape index (κ1) is 19.2. The number of nitrogens with one attached hydrogen (secondary N) is 1. The van der Waals surface area contributed by atoms with Crippen LogP contribution in [0.2, 0.25) is 0 Å². The van der Waals surface area contributed by atoms with E-state index in [4.69, 9.17) is 0 Å². The maximum absolute atomic E-state index is 13.3. The molecule has 3 rings (SSSR count). The fourth-order valence-corrected chi connectivity index (χ4v) is 3.90. The number of piperazine rings is 1. The number of benzene rings is 1. The average molecular weight is 423 g/mol. The number of Topliss-reactive ketones (excluding diaryl/α,β-unsaturated/α-hetero) is 1. The van der Waals surface area contributed by atoms with E-state index in [1.807, 2.05) is 20.9 Å². The highest BCUT2D eigenvalue weighted by molar-refractivity contribution is 9.10. The summed E-state index contributed by atoms with van der Waals surface area (Å²) < 4.78 is 15.6. The Bertz CT molecular complexity index is 805. The fourth-order valence-electron chi connectivity index (χ4n) is 3.38. The standard InChI is InChI=1S/C19H24BrFN4O/c1-13-16(20)17(23-24(13)3)18(26)19(2)12-22-9-11-25(19)10-8-14-4-6-15(21)7-5-14/h4-7,22H,8-12H2,1-3H3/t19-/m0/s1. The summed E-state index contributed by atoms with van der Waals surface area (Å²) in [6, 6.07) is 6.56. The predicted octanol–water partition coefficient (Wildman–Crippen LogP) is 2.72. The number of ketones is 1. The Kier molecular flexibility index (Phi) is 5.60. The van der Waals surface area contributed by atoms with Gasteiger partial charge in [0.15, 0.2) is 0 Å². The number of carbonyl (C=O) groups is 1. The molecule has 1 atom stereocenters. The first-order valence-corrected chi connectivity index (χ1v) is 9.56. The minimum atomic E-state index is -0.665. The van der Waals surface area contributed by atoms with Gasteiger partial charge in [0.2, 0.25) is 5.78 Å². The van der Waals surface area contributed by atoms with Crippen LogP contribution in [0.4, 0.5) is 4.39 Å². The Labute approximate surface area is 161 Å². The molecule has 0 amide bonds. The Morgan fingerprint density at radius 1 is 1.38 bits per heavy atom. The summed E-state index contributed by atoms with van der Waals surface area (Å²) in [5, 5.41) is 7.76. The number of rotatable bonds is 5. The molecule has 0 spiro atoms. The Morgan fingerprint density at radius 3 is 2.69 bits per heavy atom. The highest BCUT2D eigenvalue weighted by Crippen LogP contribution is 2.28. The first-order chi connectivity index (χ1) is 12.3. The van der Waals surface area contributed by atoms with Gasteiger partial charge in [-0.05, 0) is 53.9 Å². The lowest BCUT2D eigenvalue weighted by atomic mass is 9.89. The second kappa shape index (κ2) is 7.58. The number of halogens is 2. The molecule has 1 aliphatic heterocycles. The number of hydrogen-bond donors (Lipinski definition) is 1. The van der Waals surface area contributed by atoms with Gasteiger partial charge in [-0.1, -0.05) is 12.1 Å². The lowest BCUT2D eigenvalue weighted by Gasteiger charge is -2.43. The maximum atomic E-state index is 13.3. The molecule has 2 heterocycles. The Hall–Kier alpha value is -1.57. The minimum absolute atomic E-state index is 0.0133. The predicted molar refractivity (Wildman–Crippen MR) is 103 cm³/mol. The summed E-state index contributed by atoms with van der Waals surface area (Å²) in [6.45, 7) is 6.85. The Morgan fingerprint density at radius 2 is 2.08 bits per heavy atom. The topological polar surface area (TPSA) is 50.2 Å². The monoisotopic (exact) mass is 422 g/mol. The molecule has 0 radical (unpaired) electrons. The van der Waals surface area contributed by atoms with Crippen LogP contribution in [0.1, 0.15) is 28.7 Å². The zero-order valence-corrected chi connectivity index (χ0v) is 16.9. The van der Waals surface area contributed by atoms with Crippen molar-refractivity contribution in [3.8, 4) is 0 Å². The molecule has 26 heavy (non-hydrogen) atoms. The number of aryl methyl sites for hydroxylation is 1.